The Bertz CT molecular complexity index is 2780. The molecule has 1 aliphatic rings. The lowest BCUT2D eigenvalue weighted by Gasteiger charge is -2.28. The van der Waals surface area contributed by atoms with E-state index >= 15 is 0 Å². The van der Waals surface area contributed by atoms with Crippen LogP contribution in [0.25, 0.3) is 72.0 Å². The van der Waals surface area contributed by atoms with Crippen LogP contribution in [0.4, 0.5) is 17.1 Å². The zero-order valence-electron chi connectivity index (χ0n) is 28.7. The molecule has 10 rings (SSSR count). The molecule has 1 aliphatic carbocycles. The Kier molecular flexibility index (Phi) is 7.32. The molecular weight excluding hydrogens is 631 g/mol. The van der Waals surface area contributed by atoms with Crippen molar-refractivity contribution in [1.29, 1.82) is 0 Å². The summed E-state index contributed by atoms with van der Waals surface area (Å²) < 4.78 is 6.41. The van der Waals surface area contributed by atoms with Crippen LogP contribution in [0.3, 0.4) is 0 Å². The Morgan fingerprint density at radius 1 is 0.462 bits per heavy atom. The predicted octanol–water partition coefficient (Wildman–Crippen LogP) is 14.2. The normalized spacial score (nSPS) is 12.4. The minimum atomic E-state index is 0.934. The Labute approximate surface area is 303 Å². The standard InChI is InChI=1S/C50H35NO/c1-2-13-39-33-41(32-29-34(39)11-1)51(47-20-7-5-16-44(47)45-19-10-22-49-50(45)46-17-6-8-21-48(46)52-49)40-30-27-36(28-31-40)35-23-25-38(26-24-35)43-18-9-14-37-12-3-4-15-42(37)43/h1-7,9-20,22-33H,8,21H2. The van der Waals surface area contributed by atoms with Gasteiger partial charge in [-0.1, -0.05) is 152 Å². The van der Waals surface area contributed by atoms with Gasteiger partial charge in [0.15, 0.2) is 0 Å². The van der Waals surface area contributed by atoms with Crippen molar-refractivity contribution in [2.45, 2.75) is 12.8 Å². The van der Waals surface area contributed by atoms with Gasteiger partial charge in [-0.25, -0.2) is 0 Å². The molecule has 8 aromatic carbocycles. The second-order valence-corrected chi connectivity index (χ2v) is 13.6. The van der Waals surface area contributed by atoms with Gasteiger partial charge >= 0.3 is 0 Å². The Hall–Kier alpha value is -6.64. The van der Waals surface area contributed by atoms with Gasteiger partial charge in [0.25, 0.3) is 0 Å². The fourth-order valence-electron chi connectivity index (χ4n) is 7.98. The lowest BCUT2D eigenvalue weighted by atomic mass is 9.94. The summed E-state index contributed by atoms with van der Waals surface area (Å²) in [6, 6.07) is 63.7. The number of hydrogen-bond donors (Lipinski definition) is 0. The number of hydrogen-bond acceptors (Lipinski definition) is 2. The molecule has 1 heterocycles. The molecule has 0 spiro atoms. The minimum absolute atomic E-state index is 0.934. The van der Waals surface area contributed by atoms with Crippen molar-refractivity contribution >= 4 is 55.7 Å². The molecule has 0 radical (unpaired) electrons. The smallest absolute Gasteiger partial charge is 0.135 e. The van der Waals surface area contributed by atoms with E-state index in [1.165, 1.54) is 60.3 Å². The molecule has 9 aromatic rings. The summed E-state index contributed by atoms with van der Waals surface area (Å²) in [6.45, 7) is 0. The molecule has 246 valence electrons. The number of allylic oxidation sites excluding steroid dienone is 1. The van der Waals surface area contributed by atoms with Crippen molar-refractivity contribution in [3.05, 3.63) is 193 Å². The molecule has 0 bridgehead atoms. The largest absolute Gasteiger partial charge is 0.460 e. The highest BCUT2D eigenvalue weighted by molar-refractivity contribution is 6.05. The van der Waals surface area contributed by atoms with Gasteiger partial charge in [0.05, 0.1) is 5.69 Å². The van der Waals surface area contributed by atoms with Crippen LogP contribution in [0.2, 0.25) is 0 Å². The second kappa shape index (κ2) is 12.6. The molecule has 52 heavy (non-hydrogen) atoms. The molecule has 0 aliphatic heterocycles. The Morgan fingerprint density at radius 2 is 1.10 bits per heavy atom. The maximum absolute atomic E-state index is 6.41. The molecule has 0 amide bonds. The number of aryl methyl sites for hydroxylation is 1. The summed E-state index contributed by atoms with van der Waals surface area (Å²) in [7, 11) is 0. The quantitative estimate of drug-likeness (QED) is 0.176. The average Bonchev–Trinajstić information content (AvgIpc) is 3.60. The van der Waals surface area contributed by atoms with Gasteiger partial charge in [0, 0.05) is 34.3 Å². The highest BCUT2D eigenvalue weighted by Crippen LogP contribution is 2.45. The van der Waals surface area contributed by atoms with Crippen LogP contribution in [0, 0.1) is 0 Å². The first-order valence-corrected chi connectivity index (χ1v) is 18.1. The van der Waals surface area contributed by atoms with Gasteiger partial charge in [0.2, 0.25) is 0 Å². The number of fused-ring (bicyclic) bond motifs is 5. The van der Waals surface area contributed by atoms with Gasteiger partial charge in [0.1, 0.15) is 11.3 Å². The summed E-state index contributed by atoms with van der Waals surface area (Å²) in [6.07, 6.45) is 6.45. The van der Waals surface area contributed by atoms with Crippen LogP contribution in [-0.2, 0) is 6.42 Å². The fourth-order valence-corrected chi connectivity index (χ4v) is 7.98. The van der Waals surface area contributed by atoms with Crippen molar-refractivity contribution in [2.75, 3.05) is 4.90 Å². The molecule has 0 saturated carbocycles. The van der Waals surface area contributed by atoms with Gasteiger partial charge in [-0.05, 0) is 92.2 Å². The number of furan rings is 1. The van der Waals surface area contributed by atoms with E-state index in [-0.39, 0.29) is 0 Å². The van der Waals surface area contributed by atoms with Crippen molar-refractivity contribution in [3.8, 4) is 33.4 Å². The molecule has 1 aromatic heterocycles. The lowest BCUT2D eigenvalue weighted by Crippen LogP contribution is -2.11. The first-order valence-electron chi connectivity index (χ1n) is 18.1. The molecule has 2 nitrogen and oxygen atoms in total. The predicted molar refractivity (Wildman–Crippen MR) is 220 cm³/mol. The number of para-hydroxylation sites is 1. The number of anilines is 3. The van der Waals surface area contributed by atoms with E-state index in [1.54, 1.807) is 0 Å². The van der Waals surface area contributed by atoms with Crippen LogP contribution in [-0.4, -0.2) is 0 Å². The Morgan fingerprint density at radius 3 is 1.96 bits per heavy atom. The van der Waals surface area contributed by atoms with Crippen LogP contribution < -0.4 is 4.90 Å². The molecule has 2 heteroatoms. The SMILES string of the molecule is C1=Cc2c(oc3cccc(-c4ccccc4N(c4ccc(-c5ccc(-c6cccc7ccccc67)cc5)cc4)c4ccc5ccccc5c4)c23)CC1. The maximum atomic E-state index is 6.41. The highest BCUT2D eigenvalue weighted by Gasteiger charge is 2.22. The third-order valence-electron chi connectivity index (χ3n) is 10.5. The summed E-state index contributed by atoms with van der Waals surface area (Å²) in [5, 5.41) is 6.15. The third-order valence-corrected chi connectivity index (χ3v) is 10.5. The van der Waals surface area contributed by atoms with Crippen LogP contribution in [0.1, 0.15) is 17.7 Å². The van der Waals surface area contributed by atoms with Gasteiger partial charge in [-0.2, -0.15) is 0 Å². The number of nitrogens with zero attached hydrogens (tertiary/aromatic N) is 1. The number of benzene rings is 8. The maximum Gasteiger partial charge on any atom is 0.135 e. The van der Waals surface area contributed by atoms with E-state index in [0.29, 0.717) is 0 Å². The van der Waals surface area contributed by atoms with E-state index in [1.807, 2.05) is 0 Å². The summed E-state index contributed by atoms with van der Waals surface area (Å²) in [4.78, 5) is 2.40. The van der Waals surface area contributed by atoms with Gasteiger partial charge < -0.3 is 9.32 Å². The van der Waals surface area contributed by atoms with Crippen molar-refractivity contribution in [1.82, 2.24) is 0 Å². The van der Waals surface area contributed by atoms with Crippen molar-refractivity contribution < 1.29 is 4.42 Å². The molecular formula is C50H35NO. The highest BCUT2D eigenvalue weighted by atomic mass is 16.3. The average molecular weight is 666 g/mol. The minimum Gasteiger partial charge on any atom is -0.460 e. The molecule has 0 unspecified atom stereocenters. The fraction of sp³-hybridized carbons (Fsp3) is 0.0400. The summed E-state index contributed by atoms with van der Waals surface area (Å²) >= 11 is 0. The molecule has 0 N–H and O–H groups in total. The first kappa shape index (κ1) is 30.2. The monoisotopic (exact) mass is 665 g/mol. The van der Waals surface area contributed by atoms with Crippen LogP contribution in [0.5, 0.6) is 0 Å². The number of rotatable bonds is 6. The summed E-state index contributed by atoms with van der Waals surface area (Å²) in [5.74, 6) is 1.08. The summed E-state index contributed by atoms with van der Waals surface area (Å²) in [5.41, 5.74) is 12.7. The third kappa shape index (κ3) is 5.20. The zero-order valence-corrected chi connectivity index (χ0v) is 28.7. The van der Waals surface area contributed by atoms with Crippen LogP contribution >= 0.6 is 0 Å². The van der Waals surface area contributed by atoms with Gasteiger partial charge in [-0.3, -0.25) is 0 Å². The lowest BCUT2D eigenvalue weighted by molar-refractivity contribution is 0.546. The van der Waals surface area contributed by atoms with Crippen molar-refractivity contribution in [2.24, 2.45) is 0 Å². The zero-order chi connectivity index (χ0) is 34.4. The van der Waals surface area contributed by atoms with E-state index in [9.17, 15) is 0 Å². The molecule has 0 saturated heterocycles. The van der Waals surface area contributed by atoms with Crippen LogP contribution in [0.15, 0.2) is 186 Å². The second-order valence-electron chi connectivity index (χ2n) is 13.6. The van der Waals surface area contributed by atoms with E-state index in [2.05, 4.69) is 193 Å². The van der Waals surface area contributed by atoms with Crippen molar-refractivity contribution in [3.63, 3.8) is 0 Å². The van der Waals surface area contributed by atoms with Gasteiger partial charge in [-0.15, -0.1) is 0 Å². The van der Waals surface area contributed by atoms with E-state index in [4.69, 9.17) is 4.42 Å². The topological polar surface area (TPSA) is 16.4 Å². The Balaban J connectivity index is 1.08. The van der Waals surface area contributed by atoms with E-state index < -0.39 is 0 Å². The molecule has 0 fully saturated rings. The molecule has 0 atom stereocenters. The first-order chi connectivity index (χ1) is 25.8. The van der Waals surface area contributed by atoms with E-state index in [0.717, 1.165) is 46.8 Å².